The van der Waals surface area contributed by atoms with Gasteiger partial charge in [-0.05, 0) is 44.7 Å². The molecule has 0 aliphatic carbocycles. The first-order valence-corrected chi connectivity index (χ1v) is 6.64. The van der Waals surface area contributed by atoms with E-state index >= 15 is 0 Å². The second-order valence-electron chi connectivity index (χ2n) is 5.33. The van der Waals surface area contributed by atoms with Gasteiger partial charge >= 0.3 is 0 Å². The molecule has 1 aliphatic rings. The first kappa shape index (κ1) is 13.0. The van der Waals surface area contributed by atoms with Crippen LogP contribution in [0.2, 0.25) is 0 Å². The first-order valence-electron chi connectivity index (χ1n) is 6.64. The van der Waals surface area contributed by atoms with Crippen LogP contribution in [0.1, 0.15) is 52.9 Å². The van der Waals surface area contributed by atoms with E-state index in [2.05, 4.69) is 25.7 Å². The van der Waals surface area contributed by atoms with Crippen LogP contribution in [0.5, 0.6) is 0 Å². The maximum Gasteiger partial charge on any atom is 0.0110 e. The van der Waals surface area contributed by atoms with Gasteiger partial charge in [0.1, 0.15) is 0 Å². The van der Waals surface area contributed by atoms with Crippen molar-refractivity contribution in [3.63, 3.8) is 0 Å². The van der Waals surface area contributed by atoms with Crippen LogP contribution in [0.25, 0.3) is 0 Å². The zero-order valence-electron chi connectivity index (χ0n) is 10.7. The predicted octanol–water partition coefficient (Wildman–Crippen LogP) is 2.62. The summed E-state index contributed by atoms with van der Waals surface area (Å²) < 4.78 is 0. The number of likely N-dealkylation sites (tertiary alicyclic amines) is 1. The molecule has 0 radical (unpaired) electrons. The van der Waals surface area contributed by atoms with E-state index in [9.17, 15) is 0 Å². The van der Waals surface area contributed by atoms with E-state index in [4.69, 9.17) is 5.73 Å². The van der Waals surface area contributed by atoms with E-state index in [-0.39, 0.29) is 0 Å². The van der Waals surface area contributed by atoms with Crippen molar-refractivity contribution >= 4 is 0 Å². The Labute approximate surface area is 95.2 Å². The molecule has 15 heavy (non-hydrogen) atoms. The molecular weight excluding hydrogens is 184 g/mol. The molecule has 0 spiro atoms. The Bertz CT molecular complexity index is 166. The third-order valence-corrected chi connectivity index (χ3v) is 3.66. The van der Waals surface area contributed by atoms with Crippen molar-refractivity contribution in [1.82, 2.24) is 4.90 Å². The van der Waals surface area contributed by atoms with Crippen molar-refractivity contribution in [3.8, 4) is 0 Å². The average Bonchev–Trinajstić information content (AvgIpc) is 2.21. The van der Waals surface area contributed by atoms with Crippen LogP contribution in [-0.4, -0.2) is 30.1 Å². The Morgan fingerprint density at radius 1 is 1.33 bits per heavy atom. The Morgan fingerprint density at radius 2 is 2.07 bits per heavy atom. The molecule has 2 atom stereocenters. The first-order chi connectivity index (χ1) is 7.15. The van der Waals surface area contributed by atoms with Gasteiger partial charge in [-0.25, -0.2) is 0 Å². The summed E-state index contributed by atoms with van der Waals surface area (Å²) in [5, 5.41) is 0. The molecule has 2 N–H and O–H groups in total. The van der Waals surface area contributed by atoms with Crippen LogP contribution < -0.4 is 5.73 Å². The van der Waals surface area contributed by atoms with Crippen molar-refractivity contribution in [1.29, 1.82) is 0 Å². The Balaban J connectivity index is 2.41. The minimum atomic E-state index is 0.382. The molecule has 0 saturated carbocycles. The Morgan fingerprint density at radius 3 is 2.67 bits per heavy atom. The van der Waals surface area contributed by atoms with Crippen molar-refractivity contribution < 1.29 is 0 Å². The number of nitrogens with zero attached hydrogens (tertiary/aromatic N) is 1. The minimum absolute atomic E-state index is 0.382. The molecule has 2 nitrogen and oxygen atoms in total. The number of hydrogen-bond donors (Lipinski definition) is 1. The summed E-state index contributed by atoms with van der Waals surface area (Å²) in [6, 6.07) is 1.14. The smallest absolute Gasteiger partial charge is 0.0110 e. The summed E-state index contributed by atoms with van der Waals surface area (Å²) in [5.74, 6) is 0.621. The van der Waals surface area contributed by atoms with Gasteiger partial charge in [0.15, 0.2) is 0 Å². The number of hydrogen-bond acceptors (Lipinski definition) is 2. The summed E-state index contributed by atoms with van der Waals surface area (Å²) in [4.78, 5) is 2.66. The second kappa shape index (κ2) is 6.49. The van der Waals surface area contributed by atoms with Crippen LogP contribution in [0, 0.1) is 5.92 Å². The minimum Gasteiger partial charge on any atom is -0.327 e. The van der Waals surface area contributed by atoms with Crippen molar-refractivity contribution in [2.45, 2.75) is 65.0 Å². The molecule has 1 fully saturated rings. The average molecular weight is 212 g/mol. The fourth-order valence-corrected chi connectivity index (χ4v) is 2.49. The standard InChI is InChI=1S/C13H28N2/c1-4-8-15-9-6-5-7-12(15)10-13(14)11(2)3/h11-13H,4-10,14H2,1-3H3. The van der Waals surface area contributed by atoms with Crippen LogP contribution in [0.3, 0.4) is 0 Å². The van der Waals surface area contributed by atoms with Crippen molar-refractivity contribution in [2.75, 3.05) is 13.1 Å². The largest absolute Gasteiger partial charge is 0.327 e. The third kappa shape index (κ3) is 4.12. The van der Waals surface area contributed by atoms with E-state index in [1.165, 1.54) is 45.2 Å². The molecular formula is C13H28N2. The van der Waals surface area contributed by atoms with Gasteiger partial charge in [0.05, 0.1) is 0 Å². The van der Waals surface area contributed by atoms with Gasteiger partial charge in [-0.2, -0.15) is 0 Å². The van der Waals surface area contributed by atoms with E-state index in [0.29, 0.717) is 12.0 Å². The highest BCUT2D eigenvalue weighted by atomic mass is 15.2. The van der Waals surface area contributed by atoms with E-state index in [1.54, 1.807) is 0 Å². The van der Waals surface area contributed by atoms with E-state index in [1.807, 2.05) is 0 Å². The lowest BCUT2D eigenvalue weighted by molar-refractivity contribution is 0.129. The SMILES string of the molecule is CCCN1CCCCC1CC(N)C(C)C. The van der Waals surface area contributed by atoms with Gasteiger partial charge in [0.2, 0.25) is 0 Å². The highest BCUT2D eigenvalue weighted by Gasteiger charge is 2.24. The monoisotopic (exact) mass is 212 g/mol. The number of piperidine rings is 1. The molecule has 1 aliphatic heterocycles. The van der Waals surface area contributed by atoms with Gasteiger partial charge in [0.25, 0.3) is 0 Å². The third-order valence-electron chi connectivity index (χ3n) is 3.66. The Kier molecular flexibility index (Phi) is 5.62. The lowest BCUT2D eigenvalue weighted by atomic mass is 9.91. The highest BCUT2D eigenvalue weighted by molar-refractivity contribution is 4.81. The number of nitrogens with two attached hydrogens (primary N) is 1. The van der Waals surface area contributed by atoms with Crippen LogP contribution in [0.4, 0.5) is 0 Å². The molecule has 0 aromatic heterocycles. The number of rotatable bonds is 5. The van der Waals surface area contributed by atoms with E-state index < -0.39 is 0 Å². The Hall–Kier alpha value is -0.0800. The summed E-state index contributed by atoms with van der Waals surface area (Å²) in [7, 11) is 0. The molecule has 2 heteroatoms. The van der Waals surface area contributed by atoms with Crippen molar-refractivity contribution in [2.24, 2.45) is 11.7 Å². The van der Waals surface area contributed by atoms with Crippen LogP contribution in [0.15, 0.2) is 0 Å². The maximum atomic E-state index is 6.18. The summed E-state index contributed by atoms with van der Waals surface area (Å²) in [6.07, 6.45) is 6.61. The molecule has 90 valence electrons. The zero-order chi connectivity index (χ0) is 11.3. The van der Waals surface area contributed by atoms with Gasteiger partial charge < -0.3 is 10.6 Å². The van der Waals surface area contributed by atoms with Gasteiger partial charge in [-0.1, -0.05) is 27.2 Å². The molecule has 0 amide bonds. The molecule has 2 unspecified atom stereocenters. The van der Waals surface area contributed by atoms with Crippen LogP contribution >= 0.6 is 0 Å². The topological polar surface area (TPSA) is 29.3 Å². The molecule has 1 rings (SSSR count). The quantitative estimate of drug-likeness (QED) is 0.759. The molecule has 0 aromatic rings. The van der Waals surface area contributed by atoms with E-state index in [0.717, 1.165) is 6.04 Å². The normalized spacial score (nSPS) is 25.8. The fourth-order valence-electron chi connectivity index (χ4n) is 2.49. The van der Waals surface area contributed by atoms with Gasteiger partial charge in [-0.15, -0.1) is 0 Å². The second-order valence-corrected chi connectivity index (χ2v) is 5.33. The van der Waals surface area contributed by atoms with Crippen LogP contribution in [-0.2, 0) is 0 Å². The molecule has 1 heterocycles. The lowest BCUT2D eigenvalue weighted by Crippen LogP contribution is -2.44. The van der Waals surface area contributed by atoms with Gasteiger partial charge in [0, 0.05) is 12.1 Å². The maximum absolute atomic E-state index is 6.18. The molecule has 1 saturated heterocycles. The summed E-state index contributed by atoms with van der Waals surface area (Å²) in [5.41, 5.74) is 6.18. The lowest BCUT2D eigenvalue weighted by Gasteiger charge is -2.37. The highest BCUT2D eigenvalue weighted by Crippen LogP contribution is 2.22. The summed E-state index contributed by atoms with van der Waals surface area (Å²) in [6.45, 7) is 9.29. The molecule has 0 bridgehead atoms. The summed E-state index contributed by atoms with van der Waals surface area (Å²) >= 11 is 0. The fraction of sp³-hybridized carbons (Fsp3) is 1.00. The molecule has 0 aromatic carbocycles. The van der Waals surface area contributed by atoms with Crippen molar-refractivity contribution in [3.05, 3.63) is 0 Å². The zero-order valence-corrected chi connectivity index (χ0v) is 10.7. The predicted molar refractivity (Wildman–Crippen MR) is 66.9 cm³/mol. The van der Waals surface area contributed by atoms with Gasteiger partial charge in [-0.3, -0.25) is 0 Å².